The topological polar surface area (TPSA) is 128 Å². The average molecular weight is 674 g/mol. The molecule has 0 aromatic heterocycles. The van der Waals surface area contributed by atoms with Crippen molar-refractivity contribution in [3.63, 3.8) is 0 Å². The second-order valence-corrected chi connectivity index (χ2v) is 16.8. The van der Waals surface area contributed by atoms with E-state index in [2.05, 4.69) is 27.1 Å². The van der Waals surface area contributed by atoms with E-state index >= 15 is 0 Å². The molecule has 4 aliphatic rings. The van der Waals surface area contributed by atoms with Crippen LogP contribution in [0.3, 0.4) is 0 Å². The molecule has 2 aromatic rings. The maximum absolute atomic E-state index is 13.5. The van der Waals surface area contributed by atoms with Crippen LogP contribution in [0.1, 0.15) is 80.3 Å². The number of amides is 1. The van der Waals surface area contributed by atoms with Gasteiger partial charge in [0.15, 0.2) is 0 Å². The van der Waals surface area contributed by atoms with Gasteiger partial charge >= 0.3 is 0 Å². The third kappa shape index (κ3) is 6.52. The van der Waals surface area contributed by atoms with Crippen LogP contribution in [-0.4, -0.2) is 74.8 Å². The van der Waals surface area contributed by atoms with Crippen molar-refractivity contribution in [3.8, 4) is 5.75 Å². The van der Waals surface area contributed by atoms with Crippen LogP contribution in [0, 0.1) is 17.8 Å². The first-order valence-electron chi connectivity index (χ1n) is 16.9. The molecule has 46 heavy (non-hydrogen) atoms. The zero-order valence-electron chi connectivity index (χ0n) is 26.9. The Bertz CT molecular complexity index is 1550. The predicted octanol–water partition coefficient (Wildman–Crippen LogP) is 4.42. The molecule has 2 heterocycles. The molecular formula is C35H48ClN3O6S. The van der Waals surface area contributed by atoms with Gasteiger partial charge in [0.2, 0.25) is 10.0 Å². The third-order valence-corrected chi connectivity index (χ3v) is 13.5. The fraction of sp³-hybridized carbons (Fsp3) is 0.629. The number of fused-ring (bicyclic) bond motifs is 4. The molecule has 2 aliphatic heterocycles. The minimum Gasteiger partial charge on any atom is -0.490 e. The summed E-state index contributed by atoms with van der Waals surface area (Å²) in [7, 11) is -3.95. The zero-order valence-corrected chi connectivity index (χ0v) is 28.5. The first-order chi connectivity index (χ1) is 21.9. The van der Waals surface area contributed by atoms with Gasteiger partial charge in [-0.15, -0.1) is 0 Å². The van der Waals surface area contributed by atoms with E-state index in [0.717, 1.165) is 42.8 Å². The lowest BCUT2D eigenvalue weighted by atomic mass is 9.62. The minimum atomic E-state index is -3.95. The highest BCUT2D eigenvalue weighted by atomic mass is 35.5. The lowest BCUT2D eigenvalue weighted by Crippen LogP contribution is -2.56. The van der Waals surface area contributed by atoms with Crippen LogP contribution in [0.4, 0.5) is 5.69 Å². The van der Waals surface area contributed by atoms with Gasteiger partial charge in [-0.05, 0) is 111 Å². The number of nitrogens with zero attached hydrogens (tertiary/aromatic N) is 1. The lowest BCUT2D eigenvalue weighted by molar-refractivity contribution is -0.0867. The summed E-state index contributed by atoms with van der Waals surface area (Å²) in [5.41, 5.74) is 2.22. The molecule has 1 fully saturated rings. The summed E-state index contributed by atoms with van der Waals surface area (Å²) in [5.74, 6) is 0.0490. The Kier molecular flexibility index (Phi) is 9.67. The van der Waals surface area contributed by atoms with E-state index in [1.54, 1.807) is 25.1 Å². The molecule has 1 amide bonds. The number of ether oxygens (including phenoxy) is 1. The van der Waals surface area contributed by atoms with Gasteiger partial charge in [-0.25, -0.2) is 13.1 Å². The van der Waals surface area contributed by atoms with Crippen molar-refractivity contribution in [1.82, 2.24) is 10.0 Å². The number of anilines is 1. The van der Waals surface area contributed by atoms with Gasteiger partial charge < -0.3 is 25.2 Å². The second kappa shape index (κ2) is 13.3. The van der Waals surface area contributed by atoms with Crippen molar-refractivity contribution in [2.24, 2.45) is 17.8 Å². The standard InChI is InChI=1S/C35H48ClN3O6S/c1-23-5-3-14-35(42,20-37-15-16-40)30-10-7-27(30)19-39-21-34(13-4-6-25-17-28(36)9-11-29(25)34)22-45-32-12-8-26(18-31(32)39)33(41)38-46(43,44)24(23)2/h8-9,11-12,17-18,23-24,27,30,37,40,42H,3-7,10,13-16,19-22H2,1-2H3,(H,38,41)/t23-,24+,27-,30+,34-,35+/m0/s1. The number of hydrogen-bond acceptors (Lipinski definition) is 8. The van der Waals surface area contributed by atoms with E-state index in [-0.39, 0.29) is 35.3 Å². The Labute approximate surface area is 278 Å². The Morgan fingerprint density at radius 2 is 1.93 bits per heavy atom. The molecule has 1 saturated carbocycles. The molecule has 11 heteroatoms. The number of benzene rings is 2. The van der Waals surface area contributed by atoms with Gasteiger partial charge in [-0.1, -0.05) is 31.0 Å². The van der Waals surface area contributed by atoms with Crippen LogP contribution in [0.25, 0.3) is 0 Å². The van der Waals surface area contributed by atoms with Crippen molar-refractivity contribution in [3.05, 3.63) is 58.1 Å². The van der Waals surface area contributed by atoms with Crippen LogP contribution in [-0.2, 0) is 21.9 Å². The molecule has 9 nitrogen and oxygen atoms in total. The predicted molar refractivity (Wildman–Crippen MR) is 180 cm³/mol. The van der Waals surface area contributed by atoms with Gasteiger partial charge in [0.1, 0.15) is 5.75 Å². The zero-order chi connectivity index (χ0) is 32.7. The van der Waals surface area contributed by atoms with Crippen LogP contribution < -0.4 is 19.7 Å². The summed E-state index contributed by atoms with van der Waals surface area (Å²) >= 11 is 6.42. The largest absolute Gasteiger partial charge is 0.490 e. The van der Waals surface area contributed by atoms with Crippen molar-refractivity contribution in [1.29, 1.82) is 0 Å². The first-order valence-corrected chi connectivity index (χ1v) is 18.8. The van der Waals surface area contributed by atoms with Gasteiger partial charge in [0, 0.05) is 42.2 Å². The molecule has 2 bridgehead atoms. The third-order valence-electron chi connectivity index (χ3n) is 11.4. The molecule has 1 spiro atoms. The Morgan fingerprint density at radius 1 is 1.11 bits per heavy atom. The molecule has 2 aromatic carbocycles. The summed E-state index contributed by atoms with van der Waals surface area (Å²) in [6.07, 6.45) is 6.56. The van der Waals surface area contributed by atoms with Gasteiger partial charge in [0.05, 0.1) is 29.8 Å². The number of aryl methyl sites for hydroxylation is 1. The van der Waals surface area contributed by atoms with Gasteiger partial charge in [0.25, 0.3) is 5.91 Å². The Balaban J connectivity index is 1.42. The van der Waals surface area contributed by atoms with Crippen LogP contribution >= 0.6 is 11.6 Å². The van der Waals surface area contributed by atoms with E-state index in [4.69, 9.17) is 16.3 Å². The summed E-state index contributed by atoms with van der Waals surface area (Å²) < 4.78 is 35.6. The van der Waals surface area contributed by atoms with E-state index < -0.39 is 26.8 Å². The summed E-state index contributed by atoms with van der Waals surface area (Å²) in [4.78, 5) is 15.8. The van der Waals surface area contributed by atoms with Crippen LogP contribution in [0.15, 0.2) is 36.4 Å². The highest BCUT2D eigenvalue weighted by Gasteiger charge is 2.48. The van der Waals surface area contributed by atoms with Crippen molar-refractivity contribution >= 4 is 33.2 Å². The second-order valence-electron chi connectivity index (χ2n) is 14.3. The number of rotatable bonds is 4. The molecule has 252 valence electrons. The maximum atomic E-state index is 13.5. The lowest BCUT2D eigenvalue weighted by Gasteiger charge is -2.50. The smallest absolute Gasteiger partial charge is 0.264 e. The van der Waals surface area contributed by atoms with Crippen LogP contribution in [0.2, 0.25) is 5.02 Å². The van der Waals surface area contributed by atoms with E-state index in [9.17, 15) is 23.4 Å². The average Bonchev–Trinajstić information content (AvgIpc) is 3.15. The summed E-state index contributed by atoms with van der Waals surface area (Å²) in [6, 6.07) is 11.4. The monoisotopic (exact) mass is 673 g/mol. The van der Waals surface area contributed by atoms with Crippen molar-refractivity contribution < 1.29 is 28.2 Å². The molecule has 0 saturated heterocycles. The molecule has 4 N–H and O–H groups in total. The highest BCUT2D eigenvalue weighted by molar-refractivity contribution is 7.90. The van der Waals surface area contributed by atoms with E-state index in [0.29, 0.717) is 57.8 Å². The number of hydrogen-bond donors (Lipinski definition) is 4. The maximum Gasteiger partial charge on any atom is 0.264 e. The number of carbonyl (C=O) groups excluding carboxylic acids is 1. The van der Waals surface area contributed by atoms with E-state index in [1.807, 2.05) is 13.0 Å². The molecule has 6 rings (SSSR count). The number of aliphatic hydroxyl groups excluding tert-OH is 1. The number of aliphatic hydroxyl groups is 2. The molecular weight excluding hydrogens is 626 g/mol. The first kappa shape index (κ1) is 33.5. The normalized spacial score (nSPS) is 32.7. The summed E-state index contributed by atoms with van der Waals surface area (Å²) in [5, 5.41) is 24.9. The fourth-order valence-electron chi connectivity index (χ4n) is 8.37. The number of halogens is 1. The summed E-state index contributed by atoms with van der Waals surface area (Å²) in [6.45, 7) is 6.10. The van der Waals surface area contributed by atoms with Crippen LogP contribution in [0.5, 0.6) is 5.75 Å². The quantitative estimate of drug-likeness (QED) is 0.352. The SMILES string of the molecule is C[C@@H]1[C@@H](C)CCC[C@@](O)(CNCCO)[C@@H]2CC[C@H]2CN2C[C@@]3(CCCc4cc(Cl)ccc43)COc3ccc(cc32)C(=O)NS1(=O)=O. The number of nitrogens with one attached hydrogen (secondary N) is 2. The Morgan fingerprint density at radius 3 is 2.70 bits per heavy atom. The molecule has 6 atom stereocenters. The van der Waals surface area contributed by atoms with Gasteiger partial charge in [-0.3, -0.25) is 4.79 Å². The molecule has 0 radical (unpaired) electrons. The van der Waals surface area contributed by atoms with Crippen molar-refractivity contribution in [2.45, 2.75) is 81.5 Å². The molecule has 2 aliphatic carbocycles. The fourth-order valence-corrected chi connectivity index (χ4v) is 9.88. The minimum absolute atomic E-state index is 0.00995. The van der Waals surface area contributed by atoms with Gasteiger partial charge in [-0.2, -0.15) is 0 Å². The number of sulfonamides is 1. The molecule has 0 unspecified atom stereocenters. The highest BCUT2D eigenvalue weighted by Crippen LogP contribution is 2.49. The van der Waals surface area contributed by atoms with E-state index in [1.165, 1.54) is 11.1 Å². The Hall–Kier alpha value is -2.37. The number of carbonyl (C=O) groups is 1. The van der Waals surface area contributed by atoms with Crippen molar-refractivity contribution in [2.75, 3.05) is 44.3 Å².